The predicted molar refractivity (Wildman–Crippen MR) is 68.4 cm³/mol. The predicted octanol–water partition coefficient (Wildman–Crippen LogP) is 2.66. The van der Waals surface area contributed by atoms with Crippen molar-refractivity contribution in [3.63, 3.8) is 0 Å². The second-order valence-corrected chi connectivity index (χ2v) is 4.64. The molecule has 0 aliphatic carbocycles. The summed E-state index contributed by atoms with van der Waals surface area (Å²) in [6.45, 7) is 0.761. The van der Waals surface area contributed by atoms with Gasteiger partial charge in [0.05, 0.1) is 0 Å². The van der Waals surface area contributed by atoms with Gasteiger partial charge in [-0.05, 0) is 65.7 Å². The number of benzene rings is 1. The lowest BCUT2D eigenvalue weighted by molar-refractivity contribution is 0.837. The van der Waals surface area contributed by atoms with Crippen molar-refractivity contribution in [3.05, 3.63) is 33.5 Å². The van der Waals surface area contributed by atoms with Crippen molar-refractivity contribution >= 4 is 33.5 Å². The Kier molecular flexibility index (Phi) is 3.08. The maximum absolute atomic E-state index is 5.51. The summed E-state index contributed by atoms with van der Waals surface area (Å²) in [6, 6.07) is 6.47. The van der Waals surface area contributed by atoms with Crippen LogP contribution in [-0.2, 0) is 6.42 Å². The highest BCUT2D eigenvalue weighted by atomic mass is 127. The van der Waals surface area contributed by atoms with Crippen LogP contribution in [-0.4, -0.2) is 11.5 Å². The van der Waals surface area contributed by atoms with Gasteiger partial charge >= 0.3 is 0 Å². The first-order chi connectivity index (χ1) is 6.81. The molecule has 0 atom stereocenters. The van der Waals surface area contributed by atoms with Crippen LogP contribution in [0.15, 0.2) is 24.4 Å². The third-order valence-electron chi connectivity index (χ3n) is 2.38. The van der Waals surface area contributed by atoms with Gasteiger partial charge in [-0.25, -0.2) is 0 Å². The fourth-order valence-corrected chi connectivity index (χ4v) is 2.14. The van der Waals surface area contributed by atoms with E-state index in [0.29, 0.717) is 0 Å². The molecule has 0 radical (unpaired) electrons. The molecule has 0 saturated carbocycles. The van der Waals surface area contributed by atoms with Gasteiger partial charge in [0.1, 0.15) is 0 Å². The van der Waals surface area contributed by atoms with Crippen LogP contribution in [0.2, 0.25) is 0 Å². The average Bonchev–Trinajstić information content (AvgIpc) is 2.57. The molecule has 0 bridgehead atoms. The van der Waals surface area contributed by atoms with Crippen LogP contribution in [0.5, 0.6) is 0 Å². The Balaban J connectivity index is 2.40. The minimum atomic E-state index is 0.761. The SMILES string of the molecule is NCCCc1c[nH]c2ccc(I)cc12. The standard InChI is InChI=1S/C11H13IN2/c12-9-3-4-11-10(6-9)8(7-14-11)2-1-5-13/h3-4,6-7,14H,1-2,5,13H2. The van der Waals surface area contributed by atoms with E-state index in [0.717, 1.165) is 19.4 Å². The Morgan fingerprint density at radius 1 is 1.36 bits per heavy atom. The zero-order valence-electron chi connectivity index (χ0n) is 7.89. The topological polar surface area (TPSA) is 41.8 Å². The van der Waals surface area contributed by atoms with Gasteiger partial charge < -0.3 is 10.7 Å². The van der Waals surface area contributed by atoms with Crippen molar-refractivity contribution in [1.29, 1.82) is 0 Å². The lowest BCUT2D eigenvalue weighted by atomic mass is 10.1. The fourth-order valence-electron chi connectivity index (χ4n) is 1.65. The van der Waals surface area contributed by atoms with Gasteiger partial charge in [-0.15, -0.1) is 0 Å². The highest BCUT2D eigenvalue weighted by Crippen LogP contribution is 2.21. The van der Waals surface area contributed by atoms with Gasteiger partial charge in [-0.1, -0.05) is 0 Å². The molecule has 0 unspecified atom stereocenters. The first-order valence-electron chi connectivity index (χ1n) is 4.77. The van der Waals surface area contributed by atoms with Gasteiger partial charge in [0.2, 0.25) is 0 Å². The Morgan fingerprint density at radius 3 is 3.00 bits per heavy atom. The van der Waals surface area contributed by atoms with Crippen LogP contribution in [0.3, 0.4) is 0 Å². The molecule has 1 aromatic heterocycles. The van der Waals surface area contributed by atoms with Gasteiger partial charge in [0.15, 0.2) is 0 Å². The van der Waals surface area contributed by atoms with Crippen LogP contribution in [0.1, 0.15) is 12.0 Å². The van der Waals surface area contributed by atoms with E-state index in [9.17, 15) is 0 Å². The molecule has 3 N–H and O–H groups in total. The Morgan fingerprint density at radius 2 is 2.21 bits per heavy atom. The number of H-pyrrole nitrogens is 1. The molecule has 0 amide bonds. The molecule has 2 rings (SSSR count). The van der Waals surface area contributed by atoms with E-state index in [2.05, 4.69) is 52.0 Å². The molecule has 1 aromatic carbocycles. The molecule has 3 heteroatoms. The lowest BCUT2D eigenvalue weighted by Crippen LogP contribution is -1.99. The first kappa shape index (κ1) is 9.98. The van der Waals surface area contributed by atoms with Crippen molar-refractivity contribution in [2.24, 2.45) is 5.73 Å². The molecule has 2 nitrogen and oxygen atoms in total. The summed E-state index contributed by atoms with van der Waals surface area (Å²) in [7, 11) is 0. The van der Waals surface area contributed by atoms with Crippen molar-refractivity contribution in [2.45, 2.75) is 12.8 Å². The van der Waals surface area contributed by atoms with E-state index in [1.165, 1.54) is 20.0 Å². The second-order valence-electron chi connectivity index (χ2n) is 3.40. The summed E-state index contributed by atoms with van der Waals surface area (Å²) in [5, 5.41) is 1.34. The Hall–Kier alpha value is -0.550. The molecular formula is C11H13IN2. The van der Waals surface area contributed by atoms with Crippen LogP contribution < -0.4 is 5.73 Å². The van der Waals surface area contributed by atoms with Gasteiger partial charge in [0.25, 0.3) is 0 Å². The van der Waals surface area contributed by atoms with Crippen LogP contribution in [0.25, 0.3) is 10.9 Å². The number of hydrogen-bond donors (Lipinski definition) is 2. The van der Waals surface area contributed by atoms with Crippen molar-refractivity contribution < 1.29 is 0 Å². The molecule has 0 aliphatic heterocycles. The molecule has 2 aromatic rings. The number of hydrogen-bond acceptors (Lipinski definition) is 1. The molecule has 74 valence electrons. The summed E-state index contributed by atoms with van der Waals surface area (Å²) in [4.78, 5) is 3.28. The third kappa shape index (κ3) is 1.93. The zero-order valence-corrected chi connectivity index (χ0v) is 10.0. The number of fused-ring (bicyclic) bond motifs is 1. The minimum absolute atomic E-state index is 0.761. The maximum Gasteiger partial charge on any atom is 0.0457 e. The number of nitrogens with one attached hydrogen (secondary N) is 1. The zero-order chi connectivity index (χ0) is 9.97. The van der Waals surface area contributed by atoms with Crippen molar-refractivity contribution in [2.75, 3.05) is 6.54 Å². The van der Waals surface area contributed by atoms with E-state index in [4.69, 9.17) is 5.73 Å². The van der Waals surface area contributed by atoms with Gasteiger partial charge in [0, 0.05) is 20.7 Å². The van der Waals surface area contributed by atoms with Crippen molar-refractivity contribution in [3.8, 4) is 0 Å². The van der Waals surface area contributed by atoms with E-state index < -0.39 is 0 Å². The van der Waals surface area contributed by atoms with E-state index >= 15 is 0 Å². The monoisotopic (exact) mass is 300 g/mol. The number of halogens is 1. The van der Waals surface area contributed by atoms with Gasteiger partial charge in [-0.3, -0.25) is 0 Å². The van der Waals surface area contributed by atoms with Crippen molar-refractivity contribution in [1.82, 2.24) is 4.98 Å². The van der Waals surface area contributed by atoms with E-state index in [1.54, 1.807) is 0 Å². The Bertz CT molecular complexity index is 434. The van der Waals surface area contributed by atoms with E-state index in [-0.39, 0.29) is 0 Å². The number of nitrogens with two attached hydrogens (primary N) is 1. The van der Waals surface area contributed by atoms with Crippen LogP contribution >= 0.6 is 22.6 Å². The summed E-state index contributed by atoms with van der Waals surface area (Å²) in [5.74, 6) is 0. The smallest absolute Gasteiger partial charge is 0.0457 e. The lowest BCUT2D eigenvalue weighted by Gasteiger charge is -1.97. The summed E-state index contributed by atoms with van der Waals surface area (Å²) < 4.78 is 1.28. The number of rotatable bonds is 3. The number of aromatic amines is 1. The number of aryl methyl sites for hydroxylation is 1. The summed E-state index contributed by atoms with van der Waals surface area (Å²) in [5.41, 5.74) is 8.11. The van der Waals surface area contributed by atoms with Crippen LogP contribution in [0.4, 0.5) is 0 Å². The summed E-state index contributed by atoms with van der Waals surface area (Å²) in [6.07, 6.45) is 4.21. The first-order valence-corrected chi connectivity index (χ1v) is 5.84. The highest BCUT2D eigenvalue weighted by molar-refractivity contribution is 14.1. The molecular weight excluding hydrogens is 287 g/mol. The molecule has 1 heterocycles. The highest BCUT2D eigenvalue weighted by Gasteiger charge is 2.02. The molecule has 0 spiro atoms. The largest absolute Gasteiger partial charge is 0.361 e. The molecule has 0 aliphatic rings. The minimum Gasteiger partial charge on any atom is -0.361 e. The van der Waals surface area contributed by atoms with Crippen LogP contribution in [0, 0.1) is 3.57 Å². The average molecular weight is 300 g/mol. The number of aromatic nitrogens is 1. The molecule has 0 fully saturated rings. The molecule has 0 saturated heterocycles. The normalized spacial score (nSPS) is 11.0. The Labute approximate surface area is 97.0 Å². The molecule has 14 heavy (non-hydrogen) atoms. The summed E-state index contributed by atoms with van der Waals surface area (Å²) >= 11 is 2.34. The van der Waals surface area contributed by atoms with E-state index in [1.807, 2.05) is 0 Å². The maximum atomic E-state index is 5.51. The fraction of sp³-hybridized carbons (Fsp3) is 0.273. The second kappa shape index (κ2) is 4.31. The van der Waals surface area contributed by atoms with Gasteiger partial charge in [-0.2, -0.15) is 0 Å². The third-order valence-corrected chi connectivity index (χ3v) is 3.05. The quantitative estimate of drug-likeness (QED) is 0.841.